The van der Waals surface area contributed by atoms with Crippen molar-refractivity contribution in [2.75, 3.05) is 7.11 Å². The second-order valence-corrected chi connectivity index (χ2v) is 5.14. The Bertz CT molecular complexity index is 375. The quantitative estimate of drug-likeness (QED) is 0.528. The second kappa shape index (κ2) is 7.12. The normalized spacial score (nSPS) is 19.3. The minimum absolute atomic E-state index is 0.405. The first kappa shape index (κ1) is 16.3. The van der Waals surface area contributed by atoms with Gasteiger partial charge in [-0.05, 0) is 19.8 Å². The van der Waals surface area contributed by atoms with Crippen LogP contribution in [0.2, 0.25) is 0 Å². The topological polar surface area (TPSA) is 105 Å². The summed E-state index contributed by atoms with van der Waals surface area (Å²) in [7, 11) is 1.22. The first-order valence-electron chi connectivity index (χ1n) is 6.81. The van der Waals surface area contributed by atoms with E-state index in [9.17, 15) is 19.5 Å². The van der Waals surface area contributed by atoms with Gasteiger partial charge in [-0.25, -0.2) is 14.4 Å². The van der Waals surface area contributed by atoms with E-state index in [1.54, 1.807) is 0 Å². The lowest BCUT2D eigenvalue weighted by atomic mass is 9.90. The minimum atomic E-state index is -1.24. The van der Waals surface area contributed by atoms with E-state index in [4.69, 9.17) is 0 Å². The molecule has 2 amide bonds. The molecule has 3 N–H and O–H groups in total. The average Bonchev–Trinajstić information content (AvgIpc) is 2.64. The van der Waals surface area contributed by atoms with E-state index in [-0.39, 0.29) is 0 Å². The van der Waals surface area contributed by atoms with Gasteiger partial charge < -0.3 is 20.5 Å². The fourth-order valence-electron chi connectivity index (χ4n) is 2.41. The maximum atomic E-state index is 11.9. The molecule has 1 rings (SSSR count). The highest BCUT2D eigenvalue weighted by molar-refractivity contribution is 5.88. The first-order valence-corrected chi connectivity index (χ1v) is 6.81. The molecule has 0 aromatic carbocycles. The number of carbonyl (C=O) groups is 3. The van der Waals surface area contributed by atoms with Crippen molar-refractivity contribution in [3.63, 3.8) is 0 Å². The summed E-state index contributed by atoms with van der Waals surface area (Å²) in [5.41, 5.74) is -1.24. The number of rotatable bonds is 4. The zero-order chi connectivity index (χ0) is 15.2. The Balaban J connectivity index is 2.68. The summed E-state index contributed by atoms with van der Waals surface area (Å²) in [5.74, 6) is -1.61. The number of nitrogens with one attached hydrogen (secondary N) is 2. The molecule has 114 valence electrons. The van der Waals surface area contributed by atoms with Crippen LogP contribution in [0.15, 0.2) is 0 Å². The van der Waals surface area contributed by atoms with Crippen molar-refractivity contribution in [1.82, 2.24) is 10.6 Å². The van der Waals surface area contributed by atoms with Crippen LogP contribution in [0.1, 0.15) is 45.4 Å². The van der Waals surface area contributed by atoms with Crippen LogP contribution in [0.5, 0.6) is 0 Å². The van der Waals surface area contributed by atoms with Crippen molar-refractivity contribution in [2.45, 2.75) is 57.0 Å². The van der Waals surface area contributed by atoms with Gasteiger partial charge in [0.2, 0.25) is 0 Å². The Morgan fingerprint density at radius 2 is 1.70 bits per heavy atom. The van der Waals surface area contributed by atoms with Crippen LogP contribution in [0.3, 0.4) is 0 Å². The lowest BCUT2D eigenvalue weighted by Gasteiger charge is -2.29. The predicted molar refractivity (Wildman–Crippen MR) is 71.2 cm³/mol. The Hall–Kier alpha value is -1.79. The van der Waals surface area contributed by atoms with E-state index in [1.165, 1.54) is 14.0 Å². The zero-order valence-electron chi connectivity index (χ0n) is 11.9. The Morgan fingerprint density at radius 1 is 1.15 bits per heavy atom. The molecule has 0 aromatic heterocycles. The van der Waals surface area contributed by atoms with Crippen LogP contribution in [0.25, 0.3) is 0 Å². The van der Waals surface area contributed by atoms with Crippen LogP contribution in [-0.4, -0.2) is 41.8 Å². The number of esters is 1. The minimum Gasteiger partial charge on any atom is -0.480 e. The molecule has 1 saturated carbocycles. The summed E-state index contributed by atoms with van der Waals surface area (Å²) in [6.07, 6.45) is 4.27. The molecule has 0 spiro atoms. The van der Waals surface area contributed by atoms with Crippen LogP contribution in [-0.2, 0) is 14.3 Å². The number of aliphatic carboxylic acids is 1. The number of hydrogen-bond acceptors (Lipinski definition) is 4. The molecule has 1 fully saturated rings. The summed E-state index contributed by atoms with van der Waals surface area (Å²) < 4.78 is 4.50. The molecule has 0 radical (unpaired) electrons. The number of amides is 2. The van der Waals surface area contributed by atoms with E-state index >= 15 is 0 Å². The van der Waals surface area contributed by atoms with Crippen LogP contribution in [0.4, 0.5) is 4.79 Å². The average molecular weight is 286 g/mol. The molecular weight excluding hydrogens is 264 g/mol. The molecule has 1 aliphatic rings. The molecular formula is C13H22N2O5. The summed E-state index contributed by atoms with van der Waals surface area (Å²) in [6.45, 7) is 1.48. The maximum absolute atomic E-state index is 11.9. The molecule has 0 saturated heterocycles. The number of ether oxygens (including phenoxy) is 1. The Labute approximate surface area is 118 Å². The standard InChI is InChI=1S/C13H22N2O5/c1-9(10(16)20-2)14-12(19)15-13(11(17)18)7-5-3-4-6-8-13/h9H,3-8H2,1-2H3,(H,17,18)(H2,14,15,19). The number of carbonyl (C=O) groups excluding carboxylic acids is 2. The lowest BCUT2D eigenvalue weighted by Crippen LogP contribution is -2.58. The van der Waals surface area contributed by atoms with Gasteiger partial charge in [0, 0.05) is 0 Å². The third kappa shape index (κ3) is 4.11. The van der Waals surface area contributed by atoms with Crippen LogP contribution in [0, 0.1) is 0 Å². The lowest BCUT2D eigenvalue weighted by molar-refractivity contribution is -0.145. The van der Waals surface area contributed by atoms with Gasteiger partial charge in [0.05, 0.1) is 7.11 Å². The van der Waals surface area contributed by atoms with Gasteiger partial charge in [-0.3, -0.25) is 0 Å². The highest BCUT2D eigenvalue weighted by Gasteiger charge is 2.40. The summed E-state index contributed by atoms with van der Waals surface area (Å²) in [4.78, 5) is 34.6. The SMILES string of the molecule is COC(=O)C(C)NC(=O)NC1(C(=O)O)CCCCCC1. The first-order chi connectivity index (χ1) is 9.41. The molecule has 0 aliphatic heterocycles. The highest BCUT2D eigenvalue weighted by atomic mass is 16.5. The van der Waals surface area contributed by atoms with E-state index in [0.717, 1.165) is 25.7 Å². The monoisotopic (exact) mass is 286 g/mol. The molecule has 1 unspecified atom stereocenters. The summed E-state index contributed by atoms with van der Waals surface area (Å²) in [6, 6.07) is -1.48. The van der Waals surface area contributed by atoms with Crippen molar-refractivity contribution in [2.24, 2.45) is 0 Å². The molecule has 7 nitrogen and oxygen atoms in total. The Morgan fingerprint density at radius 3 is 2.15 bits per heavy atom. The maximum Gasteiger partial charge on any atom is 0.329 e. The highest BCUT2D eigenvalue weighted by Crippen LogP contribution is 2.27. The Kier molecular flexibility index (Phi) is 5.79. The van der Waals surface area contributed by atoms with Gasteiger partial charge in [-0.15, -0.1) is 0 Å². The number of hydrogen-bond donors (Lipinski definition) is 3. The molecule has 1 atom stereocenters. The van der Waals surface area contributed by atoms with E-state index in [1.807, 2.05) is 0 Å². The number of carboxylic acid groups (broad SMARTS) is 1. The molecule has 7 heteroatoms. The van der Waals surface area contributed by atoms with Gasteiger partial charge >= 0.3 is 18.0 Å². The molecule has 20 heavy (non-hydrogen) atoms. The molecule has 0 bridgehead atoms. The van der Waals surface area contributed by atoms with Crippen molar-refractivity contribution in [3.8, 4) is 0 Å². The molecule has 1 aliphatic carbocycles. The van der Waals surface area contributed by atoms with Crippen molar-refractivity contribution >= 4 is 18.0 Å². The third-order valence-electron chi connectivity index (χ3n) is 3.62. The summed E-state index contributed by atoms with van der Waals surface area (Å²) >= 11 is 0. The zero-order valence-corrected chi connectivity index (χ0v) is 11.9. The molecule has 0 heterocycles. The molecule has 0 aromatic rings. The smallest absolute Gasteiger partial charge is 0.329 e. The third-order valence-corrected chi connectivity index (χ3v) is 3.62. The predicted octanol–water partition coefficient (Wildman–Crippen LogP) is 1.02. The number of carboxylic acids is 1. The van der Waals surface area contributed by atoms with Gasteiger partial charge in [-0.1, -0.05) is 25.7 Å². The number of methoxy groups -OCH3 is 1. The number of urea groups is 1. The second-order valence-electron chi connectivity index (χ2n) is 5.14. The van der Waals surface area contributed by atoms with Gasteiger partial charge in [0.25, 0.3) is 0 Å². The van der Waals surface area contributed by atoms with Gasteiger partial charge in [0.1, 0.15) is 11.6 Å². The van der Waals surface area contributed by atoms with Gasteiger partial charge in [0.15, 0.2) is 0 Å². The van der Waals surface area contributed by atoms with Crippen LogP contribution >= 0.6 is 0 Å². The van der Waals surface area contributed by atoms with Crippen molar-refractivity contribution in [3.05, 3.63) is 0 Å². The fourth-order valence-corrected chi connectivity index (χ4v) is 2.41. The fraction of sp³-hybridized carbons (Fsp3) is 0.769. The van der Waals surface area contributed by atoms with E-state index in [2.05, 4.69) is 15.4 Å². The van der Waals surface area contributed by atoms with Crippen LogP contribution < -0.4 is 10.6 Å². The van der Waals surface area contributed by atoms with Gasteiger partial charge in [-0.2, -0.15) is 0 Å². The van der Waals surface area contributed by atoms with Crippen molar-refractivity contribution in [1.29, 1.82) is 0 Å². The van der Waals surface area contributed by atoms with Crippen molar-refractivity contribution < 1.29 is 24.2 Å². The summed E-state index contributed by atoms with van der Waals surface area (Å²) in [5, 5.41) is 14.3. The van der Waals surface area contributed by atoms with E-state index in [0.29, 0.717) is 12.8 Å². The van der Waals surface area contributed by atoms with E-state index < -0.39 is 29.6 Å². The largest absolute Gasteiger partial charge is 0.480 e.